The van der Waals surface area contributed by atoms with Crippen LogP contribution in [0.1, 0.15) is 39.7 Å². The number of hydrogen-bond acceptors (Lipinski definition) is 7. The van der Waals surface area contributed by atoms with E-state index in [-0.39, 0.29) is 30.4 Å². The Morgan fingerprint density at radius 1 is 1.24 bits per heavy atom. The number of nitrogens with zero attached hydrogens (tertiary/aromatic N) is 1. The molecule has 2 fully saturated rings. The number of ether oxygens (including phenoxy) is 1. The first-order valence-corrected chi connectivity index (χ1v) is 12.4. The smallest absolute Gasteiger partial charge is 0.329 e. The molecule has 4 atom stereocenters. The molecule has 0 bridgehead atoms. The summed E-state index contributed by atoms with van der Waals surface area (Å²) in [7, 11) is 1.70. The van der Waals surface area contributed by atoms with Gasteiger partial charge in [-0.2, -0.15) is 0 Å². The van der Waals surface area contributed by atoms with Crippen LogP contribution in [0.2, 0.25) is 0 Å². The van der Waals surface area contributed by atoms with E-state index in [1.807, 2.05) is 58.0 Å². The Labute approximate surface area is 206 Å². The van der Waals surface area contributed by atoms with Crippen LogP contribution in [0.15, 0.2) is 42.0 Å². The third-order valence-corrected chi connectivity index (χ3v) is 6.64. The molecule has 2 saturated heterocycles. The topological polar surface area (TPSA) is 113 Å². The summed E-state index contributed by atoms with van der Waals surface area (Å²) in [6, 6.07) is 8.54. The van der Waals surface area contributed by atoms with E-state index in [1.54, 1.807) is 13.1 Å². The summed E-state index contributed by atoms with van der Waals surface area (Å²) < 4.78 is 5.24. The Bertz CT molecular complexity index is 841. The van der Waals surface area contributed by atoms with Crippen LogP contribution < -0.4 is 5.32 Å². The van der Waals surface area contributed by atoms with Crippen LogP contribution in [-0.4, -0.2) is 71.0 Å². The zero-order valence-corrected chi connectivity index (χ0v) is 21.3. The monoisotopic (exact) mass is 492 g/mol. The molecule has 3 unspecified atom stereocenters. The number of fused-ring (bicyclic) bond motifs is 1. The highest BCUT2D eigenvalue weighted by Crippen LogP contribution is 2.41. The minimum Gasteiger partial charge on any atom is -0.481 e. The summed E-state index contributed by atoms with van der Waals surface area (Å²) in [5.41, 5.74) is 2.10. The number of carbonyl (C=O) groups excluding carboxylic acids is 3. The number of allylic oxidation sites excluding steroid dienone is 1. The maximum Gasteiger partial charge on any atom is 0.329 e. The second-order valence-corrected chi connectivity index (χ2v) is 8.96. The average Bonchev–Trinajstić information content (AvgIpc) is 2.81. The third-order valence-electron chi connectivity index (χ3n) is 5.18. The third kappa shape index (κ3) is 8.29. The molecular formula is C25H36N2O6S. The van der Waals surface area contributed by atoms with Crippen LogP contribution in [0.5, 0.6) is 0 Å². The van der Waals surface area contributed by atoms with Crippen molar-refractivity contribution in [2.75, 3.05) is 19.4 Å². The lowest BCUT2D eigenvalue weighted by atomic mass is 9.91. The SMILES string of the molecule is CC.CNC1C(=O)N2C1SC[C@H](CC(=O)O)C2C(=O)OCC=C(C)C.O=CCc1ccccc1. The number of esters is 1. The summed E-state index contributed by atoms with van der Waals surface area (Å²) in [5.74, 6) is -1.60. The van der Waals surface area contributed by atoms with Crippen LogP contribution in [0.4, 0.5) is 0 Å². The highest BCUT2D eigenvalue weighted by atomic mass is 32.2. The Balaban J connectivity index is 0.000000437. The van der Waals surface area contributed by atoms with E-state index >= 15 is 0 Å². The van der Waals surface area contributed by atoms with Gasteiger partial charge in [0.2, 0.25) is 5.91 Å². The van der Waals surface area contributed by atoms with Gasteiger partial charge in [-0.25, -0.2) is 4.79 Å². The van der Waals surface area contributed by atoms with Gasteiger partial charge in [0.15, 0.2) is 0 Å². The van der Waals surface area contributed by atoms with Crippen molar-refractivity contribution < 1.29 is 29.0 Å². The molecule has 2 aliphatic heterocycles. The molecule has 3 rings (SSSR count). The van der Waals surface area contributed by atoms with Gasteiger partial charge in [0.05, 0.1) is 6.42 Å². The number of β-lactam (4-membered cyclic amide) rings is 1. The maximum absolute atomic E-state index is 12.4. The molecule has 0 aliphatic carbocycles. The van der Waals surface area contributed by atoms with Crippen molar-refractivity contribution >= 4 is 35.9 Å². The Morgan fingerprint density at radius 3 is 2.41 bits per heavy atom. The Hall–Kier alpha value is -2.65. The highest BCUT2D eigenvalue weighted by Gasteiger charge is 2.57. The first-order valence-electron chi connectivity index (χ1n) is 11.4. The van der Waals surface area contributed by atoms with Gasteiger partial charge in [-0.15, -0.1) is 11.8 Å². The standard InChI is InChI=1S/C15H22N2O5S.C8H8O.C2H6/c1-8(2)4-5-22-15(21)12-9(6-10(18)19)7-23-14-11(16-3)13(20)17(12)14;9-7-6-8-4-2-1-3-5-8;1-2/h4,9,11-12,14,16H,5-7H2,1-3H3,(H,18,19);1-5,7H,6H2;1-2H3/t9-,11?,12?,14?;;/m0../s1. The van der Waals surface area contributed by atoms with Gasteiger partial charge in [0, 0.05) is 18.1 Å². The zero-order chi connectivity index (χ0) is 25.7. The van der Waals surface area contributed by atoms with Gasteiger partial charge < -0.3 is 24.9 Å². The lowest BCUT2D eigenvalue weighted by Crippen LogP contribution is -2.75. The van der Waals surface area contributed by atoms with E-state index in [1.165, 1.54) is 16.7 Å². The van der Waals surface area contributed by atoms with Crippen LogP contribution >= 0.6 is 11.8 Å². The molecule has 1 aromatic carbocycles. The van der Waals surface area contributed by atoms with Gasteiger partial charge in [0.25, 0.3) is 0 Å². The van der Waals surface area contributed by atoms with Gasteiger partial charge >= 0.3 is 11.9 Å². The number of hydrogen-bond donors (Lipinski definition) is 2. The molecule has 0 aromatic heterocycles. The van der Waals surface area contributed by atoms with Crippen molar-refractivity contribution in [1.29, 1.82) is 0 Å². The van der Waals surface area contributed by atoms with E-state index in [9.17, 15) is 19.2 Å². The largest absolute Gasteiger partial charge is 0.481 e. The summed E-state index contributed by atoms with van der Waals surface area (Å²) >= 11 is 1.51. The maximum atomic E-state index is 12.4. The molecular weight excluding hydrogens is 456 g/mol. The number of benzene rings is 1. The van der Waals surface area contributed by atoms with E-state index in [0.29, 0.717) is 12.2 Å². The molecule has 8 nitrogen and oxygen atoms in total. The van der Waals surface area contributed by atoms with Crippen molar-refractivity contribution in [3.63, 3.8) is 0 Å². The number of carboxylic acid groups (broad SMARTS) is 1. The first kappa shape index (κ1) is 29.4. The Morgan fingerprint density at radius 2 is 1.88 bits per heavy atom. The van der Waals surface area contributed by atoms with Crippen molar-refractivity contribution in [3.05, 3.63) is 47.5 Å². The molecule has 0 saturated carbocycles. The fourth-order valence-corrected chi connectivity index (χ4v) is 5.14. The summed E-state index contributed by atoms with van der Waals surface area (Å²) in [6.45, 7) is 7.92. The number of carbonyl (C=O) groups is 4. The minimum absolute atomic E-state index is 0.132. The number of likely N-dealkylation sites (N-methyl/N-ethyl adjacent to an activating group) is 1. The zero-order valence-electron chi connectivity index (χ0n) is 20.5. The molecule has 188 valence electrons. The van der Waals surface area contributed by atoms with Crippen molar-refractivity contribution in [1.82, 2.24) is 10.2 Å². The molecule has 0 radical (unpaired) electrons. The number of aldehydes is 1. The summed E-state index contributed by atoms with van der Waals surface area (Å²) in [5, 5.41) is 11.9. The molecule has 0 spiro atoms. The van der Waals surface area contributed by atoms with Gasteiger partial charge in [-0.1, -0.05) is 49.8 Å². The first-order chi connectivity index (χ1) is 16.3. The highest BCUT2D eigenvalue weighted by molar-refractivity contribution is 8.00. The molecule has 1 amide bonds. The van der Waals surface area contributed by atoms with Crippen LogP contribution in [0, 0.1) is 5.92 Å². The average molecular weight is 493 g/mol. The van der Waals surface area contributed by atoms with Gasteiger partial charge in [-0.05, 0) is 32.5 Å². The van der Waals surface area contributed by atoms with E-state index in [0.717, 1.165) is 17.4 Å². The second kappa shape index (κ2) is 15.3. The van der Waals surface area contributed by atoms with Gasteiger partial charge in [0.1, 0.15) is 30.4 Å². The van der Waals surface area contributed by atoms with Crippen LogP contribution in [0.25, 0.3) is 0 Å². The van der Waals surface area contributed by atoms with Crippen molar-refractivity contribution in [2.24, 2.45) is 5.92 Å². The van der Waals surface area contributed by atoms with Crippen molar-refractivity contribution in [3.8, 4) is 0 Å². The molecule has 2 aliphatic rings. The molecule has 1 aromatic rings. The molecule has 2 heterocycles. The second-order valence-electron chi connectivity index (χ2n) is 7.81. The lowest BCUT2D eigenvalue weighted by Gasteiger charge is -2.54. The van der Waals surface area contributed by atoms with Crippen molar-refractivity contribution in [2.45, 2.75) is 58.0 Å². The molecule has 2 N–H and O–H groups in total. The number of nitrogens with one attached hydrogen (secondary N) is 1. The molecule has 34 heavy (non-hydrogen) atoms. The Kier molecular flexibility index (Phi) is 13.2. The fraction of sp³-hybridized carbons (Fsp3) is 0.520. The quantitative estimate of drug-likeness (QED) is 0.247. The minimum atomic E-state index is -0.978. The number of rotatable bonds is 8. The predicted molar refractivity (Wildman–Crippen MR) is 133 cm³/mol. The van der Waals surface area contributed by atoms with E-state index in [4.69, 9.17) is 9.84 Å². The van der Waals surface area contributed by atoms with Crippen LogP contribution in [-0.2, 0) is 30.3 Å². The number of thioether (sulfide) groups is 1. The fourth-order valence-electron chi connectivity index (χ4n) is 3.55. The lowest BCUT2D eigenvalue weighted by molar-refractivity contribution is -0.168. The predicted octanol–water partition coefficient (Wildman–Crippen LogP) is 2.91. The number of amides is 1. The number of aliphatic carboxylic acids is 1. The molecule has 9 heteroatoms. The number of carboxylic acids is 1. The summed E-state index contributed by atoms with van der Waals surface area (Å²) in [4.78, 5) is 47.2. The summed E-state index contributed by atoms with van der Waals surface area (Å²) in [6.07, 6.45) is 3.06. The van der Waals surface area contributed by atoms with E-state index in [2.05, 4.69) is 5.32 Å². The van der Waals surface area contributed by atoms with E-state index < -0.39 is 23.9 Å². The van der Waals surface area contributed by atoms with Gasteiger partial charge in [-0.3, -0.25) is 9.59 Å². The normalized spacial score (nSPS) is 22.4. The van der Waals surface area contributed by atoms with Crippen LogP contribution in [0.3, 0.4) is 0 Å².